The predicted molar refractivity (Wildman–Crippen MR) is 143 cm³/mol. The van der Waals surface area contributed by atoms with Crippen molar-refractivity contribution in [3.8, 4) is 57.1 Å². The van der Waals surface area contributed by atoms with E-state index in [1.807, 2.05) is 12.1 Å². The molecule has 0 aromatic heterocycles. The maximum Gasteiger partial charge on any atom is 0.251 e. The van der Waals surface area contributed by atoms with Gasteiger partial charge in [-0.15, -0.1) is 0 Å². The second kappa shape index (κ2) is 10.6. The van der Waals surface area contributed by atoms with Gasteiger partial charge in [0.25, 0.3) is 5.91 Å². The molecule has 3 aliphatic rings. The number of hydrogen-bond acceptors (Lipinski definition) is 10. The third kappa shape index (κ3) is 4.32. The van der Waals surface area contributed by atoms with Crippen molar-refractivity contribution in [3.63, 3.8) is 0 Å². The summed E-state index contributed by atoms with van der Waals surface area (Å²) in [6.07, 6.45) is 0. The molecule has 0 unspecified atom stereocenters. The van der Waals surface area contributed by atoms with Gasteiger partial charge in [0.15, 0.2) is 34.5 Å². The summed E-state index contributed by atoms with van der Waals surface area (Å²) in [5.74, 6) is 4.40. The van der Waals surface area contributed by atoms with Crippen LogP contribution >= 0.6 is 0 Å². The summed E-state index contributed by atoms with van der Waals surface area (Å²) in [5.41, 5.74) is 4.20. The van der Waals surface area contributed by atoms with Gasteiger partial charge >= 0.3 is 0 Å². The predicted octanol–water partition coefficient (Wildman–Crippen LogP) is 3.59. The van der Waals surface area contributed by atoms with E-state index in [0.29, 0.717) is 77.7 Å². The summed E-state index contributed by atoms with van der Waals surface area (Å²) >= 11 is 0. The Morgan fingerprint density at radius 2 is 1.25 bits per heavy atom. The minimum atomic E-state index is -0.202. The standard InChI is InChI=1S/C29H30N2O9/c1-33-19-6-5-16(9-20(19)34-2)29(32)30-7-8-31-12-17-10-21(35-3)25-27(39-14-37-25)23(17)24-18(13-31)11-22(36-4)26-28(24)40-15-38-26/h5-6,9-11H,7-8,12-15H2,1-4H3,(H,30,32). The highest BCUT2D eigenvalue weighted by molar-refractivity contribution is 5.95. The fraction of sp³-hybridized carbons (Fsp3) is 0.345. The third-order valence-corrected chi connectivity index (χ3v) is 7.22. The highest BCUT2D eigenvalue weighted by atomic mass is 16.7. The first-order valence-corrected chi connectivity index (χ1v) is 12.8. The van der Waals surface area contributed by atoms with Crippen LogP contribution in [0.1, 0.15) is 21.5 Å². The summed E-state index contributed by atoms with van der Waals surface area (Å²) in [6, 6.07) is 9.03. The van der Waals surface area contributed by atoms with Gasteiger partial charge in [0.05, 0.1) is 28.4 Å². The minimum Gasteiger partial charge on any atom is -0.493 e. The molecular formula is C29H30N2O9. The molecule has 40 heavy (non-hydrogen) atoms. The zero-order chi connectivity index (χ0) is 27.8. The number of hydrogen-bond donors (Lipinski definition) is 1. The number of carbonyl (C=O) groups is 1. The molecule has 1 amide bonds. The van der Waals surface area contributed by atoms with E-state index in [9.17, 15) is 4.79 Å². The van der Waals surface area contributed by atoms with E-state index >= 15 is 0 Å². The van der Waals surface area contributed by atoms with E-state index in [2.05, 4.69) is 10.2 Å². The van der Waals surface area contributed by atoms with Gasteiger partial charge in [0.2, 0.25) is 25.1 Å². The number of benzene rings is 3. The van der Waals surface area contributed by atoms with Crippen molar-refractivity contribution >= 4 is 5.91 Å². The Labute approximate surface area is 231 Å². The van der Waals surface area contributed by atoms with Gasteiger partial charge in [-0.25, -0.2) is 0 Å². The quantitative estimate of drug-likeness (QED) is 0.447. The summed E-state index contributed by atoms with van der Waals surface area (Å²) < 4.78 is 45.4. The number of amides is 1. The molecule has 1 N–H and O–H groups in total. The highest BCUT2D eigenvalue weighted by Gasteiger charge is 2.36. The molecule has 6 rings (SSSR count). The number of carbonyl (C=O) groups excluding carboxylic acids is 1. The largest absolute Gasteiger partial charge is 0.493 e. The first-order valence-electron chi connectivity index (χ1n) is 12.8. The Morgan fingerprint density at radius 1 is 0.725 bits per heavy atom. The molecule has 3 aromatic carbocycles. The minimum absolute atomic E-state index is 0.0963. The van der Waals surface area contributed by atoms with Crippen LogP contribution in [-0.4, -0.2) is 65.9 Å². The zero-order valence-corrected chi connectivity index (χ0v) is 22.8. The summed E-state index contributed by atoms with van der Waals surface area (Å²) in [4.78, 5) is 15.2. The van der Waals surface area contributed by atoms with Crippen LogP contribution in [0.15, 0.2) is 30.3 Å². The molecule has 11 nitrogen and oxygen atoms in total. The SMILES string of the molecule is COc1ccc(C(=O)NCCN2Cc3cc(OC)c4c(c3-c3c(cc(OC)c5c3OCO5)C2)OCO4)cc1OC. The van der Waals surface area contributed by atoms with Gasteiger partial charge in [0.1, 0.15) is 0 Å². The van der Waals surface area contributed by atoms with Crippen LogP contribution < -0.4 is 43.2 Å². The number of ether oxygens (including phenoxy) is 8. The molecular weight excluding hydrogens is 520 g/mol. The van der Waals surface area contributed by atoms with Crippen LogP contribution in [0.4, 0.5) is 0 Å². The van der Waals surface area contributed by atoms with E-state index in [1.54, 1.807) is 39.5 Å². The van der Waals surface area contributed by atoms with Crippen LogP contribution in [0.5, 0.6) is 46.0 Å². The van der Waals surface area contributed by atoms with E-state index in [1.165, 1.54) is 7.11 Å². The smallest absolute Gasteiger partial charge is 0.251 e. The molecule has 3 heterocycles. The Balaban J connectivity index is 1.31. The van der Waals surface area contributed by atoms with Gasteiger partial charge in [0, 0.05) is 42.9 Å². The van der Waals surface area contributed by atoms with Crippen LogP contribution in [0.2, 0.25) is 0 Å². The van der Waals surface area contributed by atoms with Crippen molar-refractivity contribution in [2.75, 3.05) is 55.1 Å². The maximum atomic E-state index is 12.9. The maximum absolute atomic E-state index is 12.9. The molecule has 3 aliphatic heterocycles. The number of rotatable bonds is 8. The normalized spacial score (nSPS) is 14.6. The number of methoxy groups -OCH3 is 4. The molecule has 0 saturated carbocycles. The van der Waals surface area contributed by atoms with Crippen LogP contribution in [0, 0.1) is 0 Å². The number of nitrogens with zero attached hydrogens (tertiary/aromatic N) is 1. The van der Waals surface area contributed by atoms with E-state index in [0.717, 1.165) is 22.3 Å². The molecule has 0 radical (unpaired) electrons. The van der Waals surface area contributed by atoms with Crippen LogP contribution in [0.25, 0.3) is 11.1 Å². The van der Waals surface area contributed by atoms with Crippen molar-refractivity contribution in [1.82, 2.24) is 10.2 Å². The van der Waals surface area contributed by atoms with Gasteiger partial charge < -0.3 is 43.2 Å². The topological polar surface area (TPSA) is 106 Å². The summed E-state index contributed by atoms with van der Waals surface area (Å²) in [7, 11) is 6.31. The molecule has 3 aromatic rings. The van der Waals surface area contributed by atoms with Gasteiger partial charge in [-0.3, -0.25) is 9.69 Å². The fourth-order valence-electron chi connectivity index (χ4n) is 5.38. The Bertz CT molecular complexity index is 1400. The van der Waals surface area contributed by atoms with E-state index in [-0.39, 0.29) is 19.5 Å². The average Bonchev–Trinajstić information content (AvgIpc) is 3.64. The Kier molecular flexibility index (Phi) is 6.81. The number of nitrogens with one attached hydrogen (secondary N) is 1. The van der Waals surface area contributed by atoms with Gasteiger partial charge in [-0.2, -0.15) is 0 Å². The second-order valence-corrected chi connectivity index (χ2v) is 9.39. The third-order valence-electron chi connectivity index (χ3n) is 7.22. The molecule has 0 fully saturated rings. The lowest BCUT2D eigenvalue weighted by Crippen LogP contribution is -2.34. The molecule has 0 atom stereocenters. The first kappa shape index (κ1) is 25.8. The van der Waals surface area contributed by atoms with Crippen molar-refractivity contribution < 1.29 is 42.7 Å². The van der Waals surface area contributed by atoms with Gasteiger partial charge in [-0.1, -0.05) is 0 Å². The molecule has 0 bridgehead atoms. The lowest BCUT2D eigenvalue weighted by Gasteiger charge is -2.22. The molecule has 11 heteroatoms. The average molecular weight is 551 g/mol. The van der Waals surface area contributed by atoms with Crippen molar-refractivity contribution in [2.45, 2.75) is 13.1 Å². The van der Waals surface area contributed by atoms with Crippen LogP contribution in [-0.2, 0) is 13.1 Å². The fourth-order valence-corrected chi connectivity index (χ4v) is 5.38. The Morgan fingerprint density at radius 3 is 1.77 bits per heavy atom. The van der Waals surface area contributed by atoms with Crippen molar-refractivity contribution in [1.29, 1.82) is 0 Å². The molecule has 0 saturated heterocycles. The Hall–Kier alpha value is -4.51. The first-order chi connectivity index (χ1) is 19.6. The summed E-state index contributed by atoms with van der Waals surface area (Å²) in [6.45, 7) is 2.33. The van der Waals surface area contributed by atoms with Crippen molar-refractivity contribution in [2.24, 2.45) is 0 Å². The lowest BCUT2D eigenvalue weighted by molar-refractivity contribution is 0.0947. The molecule has 0 spiro atoms. The lowest BCUT2D eigenvalue weighted by atomic mass is 9.93. The van der Waals surface area contributed by atoms with E-state index in [4.69, 9.17) is 37.9 Å². The van der Waals surface area contributed by atoms with E-state index < -0.39 is 0 Å². The number of fused-ring (bicyclic) bond motifs is 7. The monoisotopic (exact) mass is 550 g/mol. The van der Waals surface area contributed by atoms with Crippen LogP contribution in [0.3, 0.4) is 0 Å². The second-order valence-electron chi connectivity index (χ2n) is 9.39. The highest BCUT2D eigenvalue weighted by Crippen LogP contribution is 2.57. The zero-order valence-electron chi connectivity index (χ0n) is 22.8. The van der Waals surface area contributed by atoms with Crippen molar-refractivity contribution in [3.05, 3.63) is 47.0 Å². The van der Waals surface area contributed by atoms with Gasteiger partial charge in [-0.05, 0) is 41.5 Å². The molecule has 0 aliphatic carbocycles. The molecule has 210 valence electrons. The summed E-state index contributed by atoms with van der Waals surface area (Å²) in [5, 5.41) is 3.02.